The smallest absolute Gasteiger partial charge is 0.277 e. The van der Waals surface area contributed by atoms with Crippen LogP contribution in [0, 0.1) is 0 Å². The molecule has 5 nitrogen and oxygen atoms in total. The third-order valence-corrected chi connectivity index (χ3v) is 6.16. The fraction of sp³-hybridized carbons (Fsp3) is 0.958. The number of piperidine rings is 1. The molecule has 6 heteroatoms. The number of unbranched alkanes of at least 4 members (excludes halogenated alkanes) is 11. The Bertz CT molecular complexity index is 406. The summed E-state index contributed by atoms with van der Waals surface area (Å²) in [6.07, 6.45) is 20.0. The lowest BCUT2D eigenvalue weighted by molar-refractivity contribution is -0.208. The standard InChI is InChI=1S/C24H48N2O3.ClH/c1-2-3-4-5-6-7-8-9-10-11-12-14-18-24(28,23(25)27)29-22-17-21-26-19-15-13-16-20-26;/h28H,2-22H2,1H3,(H2,25,27);1H. The maximum absolute atomic E-state index is 11.7. The summed E-state index contributed by atoms with van der Waals surface area (Å²) in [5.74, 6) is -2.54. The molecule has 1 aliphatic heterocycles. The Morgan fingerprint density at radius 2 is 1.37 bits per heavy atom. The molecule has 0 aromatic heterocycles. The molecule has 0 radical (unpaired) electrons. The van der Waals surface area contributed by atoms with Gasteiger partial charge in [0.05, 0.1) is 6.61 Å². The van der Waals surface area contributed by atoms with Gasteiger partial charge in [-0.25, -0.2) is 0 Å². The summed E-state index contributed by atoms with van der Waals surface area (Å²) < 4.78 is 5.54. The topological polar surface area (TPSA) is 75.8 Å². The van der Waals surface area contributed by atoms with E-state index in [0.717, 1.165) is 45.3 Å². The Morgan fingerprint density at radius 3 is 1.87 bits per heavy atom. The molecule has 1 fully saturated rings. The second-order valence-electron chi connectivity index (χ2n) is 8.89. The molecular formula is C24H49ClN2O3. The minimum absolute atomic E-state index is 0. The number of halogens is 1. The highest BCUT2D eigenvalue weighted by molar-refractivity contribution is 5.85. The summed E-state index contributed by atoms with van der Waals surface area (Å²) in [5, 5.41) is 10.5. The highest BCUT2D eigenvalue weighted by atomic mass is 35.5. The highest BCUT2D eigenvalue weighted by Gasteiger charge is 2.34. The number of likely N-dealkylation sites (tertiary alicyclic amines) is 1. The molecule has 180 valence electrons. The van der Waals surface area contributed by atoms with Crippen LogP contribution in [0.25, 0.3) is 0 Å². The first kappa shape index (κ1) is 29.6. The molecule has 1 aliphatic rings. The number of carbonyl (C=O) groups excluding carboxylic acids is 1. The van der Waals surface area contributed by atoms with Crippen LogP contribution in [0.3, 0.4) is 0 Å². The van der Waals surface area contributed by atoms with E-state index < -0.39 is 11.7 Å². The molecule has 0 bridgehead atoms. The molecule has 3 N–H and O–H groups in total. The van der Waals surface area contributed by atoms with Gasteiger partial charge >= 0.3 is 0 Å². The molecular weight excluding hydrogens is 400 g/mol. The van der Waals surface area contributed by atoms with Crippen LogP contribution in [-0.4, -0.2) is 47.9 Å². The van der Waals surface area contributed by atoms with Crippen molar-refractivity contribution in [2.45, 2.75) is 122 Å². The van der Waals surface area contributed by atoms with E-state index in [9.17, 15) is 9.90 Å². The minimum Gasteiger partial charge on any atom is -0.365 e. The average Bonchev–Trinajstić information content (AvgIpc) is 2.72. The third kappa shape index (κ3) is 14.6. The van der Waals surface area contributed by atoms with Crippen LogP contribution in [0.5, 0.6) is 0 Å². The lowest BCUT2D eigenvalue weighted by Crippen LogP contribution is -2.46. The van der Waals surface area contributed by atoms with E-state index in [-0.39, 0.29) is 12.4 Å². The van der Waals surface area contributed by atoms with E-state index in [0.29, 0.717) is 13.0 Å². The first-order valence-corrected chi connectivity index (χ1v) is 12.5. The van der Waals surface area contributed by atoms with Crippen molar-refractivity contribution in [1.29, 1.82) is 0 Å². The van der Waals surface area contributed by atoms with Gasteiger partial charge in [0.15, 0.2) is 0 Å². The summed E-state index contributed by atoms with van der Waals surface area (Å²) in [7, 11) is 0. The van der Waals surface area contributed by atoms with Crippen molar-refractivity contribution in [3.05, 3.63) is 0 Å². The number of nitrogens with zero attached hydrogens (tertiary/aromatic N) is 1. The van der Waals surface area contributed by atoms with Gasteiger partial charge in [0.25, 0.3) is 5.91 Å². The first-order valence-electron chi connectivity index (χ1n) is 12.5. The molecule has 0 aromatic rings. The van der Waals surface area contributed by atoms with E-state index >= 15 is 0 Å². The number of rotatable bonds is 19. The SMILES string of the molecule is CCCCCCCCCCCCCCC(O)(OCCCN1CCCCC1)C(N)=O.Cl. The molecule has 0 aliphatic carbocycles. The van der Waals surface area contributed by atoms with Crippen molar-refractivity contribution >= 4 is 18.3 Å². The van der Waals surface area contributed by atoms with Gasteiger partial charge in [0.2, 0.25) is 5.79 Å². The van der Waals surface area contributed by atoms with E-state index in [2.05, 4.69) is 11.8 Å². The molecule has 1 rings (SSSR count). The van der Waals surface area contributed by atoms with E-state index in [1.165, 1.54) is 77.0 Å². The summed E-state index contributed by atoms with van der Waals surface area (Å²) >= 11 is 0. The molecule has 0 saturated carbocycles. The Morgan fingerprint density at radius 1 is 0.867 bits per heavy atom. The number of nitrogens with two attached hydrogens (primary N) is 1. The van der Waals surface area contributed by atoms with Gasteiger partial charge in [0.1, 0.15) is 0 Å². The summed E-state index contributed by atoms with van der Waals surface area (Å²) in [6.45, 7) is 5.91. The Hall–Kier alpha value is -0.360. The molecule has 1 atom stereocenters. The predicted molar refractivity (Wildman–Crippen MR) is 128 cm³/mol. The summed E-state index contributed by atoms with van der Waals surface area (Å²) in [6, 6.07) is 0. The van der Waals surface area contributed by atoms with Gasteiger partial charge in [-0.1, -0.05) is 84.0 Å². The summed E-state index contributed by atoms with van der Waals surface area (Å²) in [4.78, 5) is 14.1. The molecule has 1 unspecified atom stereocenters. The predicted octanol–water partition coefficient (Wildman–Crippen LogP) is 5.57. The van der Waals surface area contributed by atoms with E-state index in [4.69, 9.17) is 10.5 Å². The molecule has 0 aromatic carbocycles. The Balaban J connectivity index is 0.00000841. The first-order chi connectivity index (χ1) is 14.1. The highest BCUT2D eigenvalue weighted by Crippen LogP contribution is 2.19. The van der Waals surface area contributed by atoms with Crippen LogP contribution in [-0.2, 0) is 9.53 Å². The maximum Gasteiger partial charge on any atom is 0.277 e. The fourth-order valence-electron chi connectivity index (χ4n) is 4.18. The van der Waals surface area contributed by atoms with Gasteiger partial charge in [-0.3, -0.25) is 4.79 Å². The zero-order valence-electron chi connectivity index (χ0n) is 19.5. The zero-order valence-corrected chi connectivity index (χ0v) is 20.4. The minimum atomic E-state index is -1.79. The molecule has 1 heterocycles. The second-order valence-corrected chi connectivity index (χ2v) is 8.89. The summed E-state index contributed by atoms with van der Waals surface area (Å²) in [5.41, 5.74) is 5.41. The Kier molecular flexibility index (Phi) is 19.1. The van der Waals surface area contributed by atoms with Crippen molar-refractivity contribution in [1.82, 2.24) is 4.90 Å². The van der Waals surface area contributed by atoms with Gasteiger partial charge in [-0.05, 0) is 38.8 Å². The van der Waals surface area contributed by atoms with Crippen molar-refractivity contribution in [3.8, 4) is 0 Å². The van der Waals surface area contributed by atoms with Gasteiger partial charge in [0, 0.05) is 13.0 Å². The molecule has 1 saturated heterocycles. The monoisotopic (exact) mass is 448 g/mol. The quantitative estimate of drug-likeness (QED) is 0.200. The number of hydrogen-bond donors (Lipinski definition) is 2. The third-order valence-electron chi connectivity index (χ3n) is 6.16. The van der Waals surface area contributed by atoms with Crippen LogP contribution >= 0.6 is 12.4 Å². The fourth-order valence-corrected chi connectivity index (χ4v) is 4.18. The number of primary amides is 1. The van der Waals surface area contributed by atoms with Gasteiger partial charge in [-0.2, -0.15) is 0 Å². The number of amides is 1. The van der Waals surface area contributed by atoms with Crippen LogP contribution in [0.15, 0.2) is 0 Å². The molecule has 30 heavy (non-hydrogen) atoms. The lowest BCUT2D eigenvalue weighted by Gasteiger charge is -2.28. The Labute approximate surface area is 191 Å². The number of hydrogen-bond acceptors (Lipinski definition) is 4. The van der Waals surface area contributed by atoms with E-state index in [1.54, 1.807) is 0 Å². The van der Waals surface area contributed by atoms with Crippen molar-refractivity contribution in [2.75, 3.05) is 26.2 Å². The molecule has 0 spiro atoms. The van der Waals surface area contributed by atoms with E-state index in [1.807, 2.05) is 0 Å². The number of aliphatic hydroxyl groups is 1. The lowest BCUT2D eigenvalue weighted by atomic mass is 10.0. The number of ether oxygens (including phenoxy) is 1. The molecule has 1 amide bonds. The van der Waals surface area contributed by atoms with Crippen LogP contribution in [0.2, 0.25) is 0 Å². The van der Waals surface area contributed by atoms with Crippen molar-refractivity contribution < 1.29 is 14.6 Å². The average molecular weight is 449 g/mol. The van der Waals surface area contributed by atoms with Crippen molar-refractivity contribution in [2.24, 2.45) is 5.73 Å². The second kappa shape index (κ2) is 19.3. The van der Waals surface area contributed by atoms with Crippen LogP contribution in [0.1, 0.15) is 116 Å². The zero-order chi connectivity index (χ0) is 21.2. The van der Waals surface area contributed by atoms with Gasteiger partial charge < -0.3 is 20.5 Å². The van der Waals surface area contributed by atoms with Gasteiger partial charge in [-0.15, -0.1) is 12.4 Å². The van der Waals surface area contributed by atoms with Crippen molar-refractivity contribution in [3.63, 3.8) is 0 Å². The van der Waals surface area contributed by atoms with Crippen LogP contribution < -0.4 is 5.73 Å². The normalized spacial score (nSPS) is 16.7. The number of carbonyl (C=O) groups is 1. The van der Waals surface area contributed by atoms with Crippen LogP contribution in [0.4, 0.5) is 0 Å². The maximum atomic E-state index is 11.7. The largest absolute Gasteiger partial charge is 0.365 e.